The Morgan fingerprint density at radius 2 is 1.76 bits per heavy atom. The highest BCUT2D eigenvalue weighted by Gasteiger charge is 2.11. The first kappa shape index (κ1) is 13.7. The molecular formula is C17H21N3O. The largest absolute Gasteiger partial charge is 0.372 e. The van der Waals surface area contributed by atoms with Crippen LogP contribution in [0.15, 0.2) is 42.7 Å². The lowest BCUT2D eigenvalue weighted by Crippen LogP contribution is -2.29. The van der Waals surface area contributed by atoms with Crippen molar-refractivity contribution in [2.75, 3.05) is 23.3 Å². The van der Waals surface area contributed by atoms with E-state index in [9.17, 15) is 4.79 Å². The molecule has 1 aromatic carbocycles. The lowest BCUT2D eigenvalue weighted by Gasteiger charge is -2.28. The normalized spacial score (nSPS) is 15.0. The molecule has 3 rings (SSSR count). The van der Waals surface area contributed by atoms with Gasteiger partial charge in [-0.3, -0.25) is 4.79 Å². The average Bonchev–Trinajstić information content (AvgIpc) is 2.96. The van der Waals surface area contributed by atoms with Crippen LogP contribution in [0, 0.1) is 0 Å². The molecule has 110 valence electrons. The maximum atomic E-state index is 12.1. The molecule has 21 heavy (non-hydrogen) atoms. The van der Waals surface area contributed by atoms with Gasteiger partial charge >= 0.3 is 0 Å². The van der Waals surface area contributed by atoms with Crippen molar-refractivity contribution in [2.45, 2.75) is 19.3 Å². The van der Waals surface area contributed by atoms with Gasteiger partial charge in [-0.1, -0.05) is 0 Å². The Kier molecular flexibility index (Phi) is 3.95. The standard InChI is InChI=1S/C17H21N3O/c1-19-12-9-14(13-19)17(21)18-15-5-7-16(8-6-15)20-10-3-2-4-11-20/h5-9,12-13H,2-4,10-11H2,1H3,(H,18,21). The van der Waals surface area contributed by atoms with Gasteiger partial charge in [0.15, 0.2) is 0 Å². The quantitative estimate of drug-likeness (QED) is 0.938. The highest BCUT2D eigenvalue weighted by molar-refractivity contribution is 6.04. The number of amides is 1. The van der Waals surface area contributed by atoms with Gasteiger partial charge in [0, 0.05) is 43.9 Å². The zero-order valence-electron chi connectivity index (χ0n) is 12.4. The second kappa shape index (κ2) is 6.04. The van der Waals surface area contributed by atoms with Crippen molar-refractivity contribution in [3.63, 3.8) is 0 Å². The van der Waals surface area contributed by atoms with Gasteiger partial charge in [0.05, 0.1) is 5.56 Å². The van der Waals surface area contributed by atoms with Crippen LogP contribution in [0.5, 0.6) is 0 Å². The van der Waals surface area contributed by atoms with Crippen LogP contribution in [0.3, 0.4) is 0 Å². The SMILES string of the molecule is Cn1ccc(C(=O)Nc2ccc(N3CCCCC3)cc2)c1. The first-order valence-corrected chi connectivity index (χ1v) is 7.51. The van der Waals surface area contributed by atoms with Gasteiger partial charge in [0.2, 0.25) is 0 Å². The molecule has 4 nitrogen and oxygen atoms in total. The summed E-state index contributed by atoms with van der Waals surface area (Å²) in [5, 5.41) is 2.93. The van der Waals surface area contributed by atoms with E-state index in [4.69, 9.17) is 0 Å². The molecule has 1 aromatic heterocycles. The fraction of sp³-hybridized carbons (Fsp3) is 0.353. The van der Waals surface area contributed by atoms with Crippen molar-refractivity contribution in [2.24, 2.45) is 7.05 Å². The predicted octanol–water partition coefficient (Wildman–Crippen LogP) is 3.27. The summed E-state index contributed by atoms with van der Waals surface area (Å²) >= 11 is 0. The van der Waals surface area contributed by atoms with E-state index < -0.39 is 0 Å². The third-order valence-corrected chi connectivity index (χ3v) is 3.94. The minimum absolute atomic E-state index is 0.0682. The van der Waals surface area contributed by atoms with E-state index in [-0.39, 0.29) is 5.91 Å². The molecule has 0 atom stereocenters. The monoisotopic (exact) mass is 283 g/mol. The molecule has 0 saturated carbocycles. The first-order valence-electron chi connectivity index (χ1n) is 7.51. The number of piperidine rings is 1. The number of nitrogens with zero attached hydrogens (tertiary/aromatic N) is 2. The van der Waals surface area contributed by atoms with E-state index in [0.29, 0.717) is 5.56 Å². The number of carbonyl (C=O) groups is 1. The summed E-state index contributed by atoms with van der Waals surface area (Å²) in [5.41, 5.74) is 2.76. The van der Waals surface area contributed by atoms with Gasteiger partial charge in [-0.25, -0.2) is 0 Å². The highest BCUT2D eigenvalue weighted by atomic mass is 16.1. The molecular weight excluding hydrogens is 262 g/mol. The molecule has 2 aromatic rings. The highest BCUT2D eigenvalue weighted by Crippen LogP contribution is 2.22. The molecule has 0 spiro atoms. The van der Waals surface area contributed by atoms with Crippen LogP contribution >= 0.6 is 0 Å². The maximum Gasteiger partial charge on any atom is 0.257 e. The number of benzene rings is 1. The number of rotatable bonds is 3. The van der Waals surface area contributed by atoms with Gasteiger partial charge in [-0.2, -0.15) is 0 Å². The molecule has 0 radical (unpaired) electrons. The third-order valence-electron chi connectivity index (χ3n) is 3.94. The lowest BCUT2D eigenvalue weighted by atomic mass is 10.1. The minimum atomic E-state index is -0.0682. The Morgan fingerprint density at radius 1 is 1.05 bits per heavy atom. The van der Waals surface area contributed by atoms with E-state index >= 15 is 0 Å². The smallest absolute Gasteiger partial charge is 0.257 e. The molecule has 1 N–H and O–H groups in total. The fourth-order valence-corrected chi connectivity index (χ4v) is 2.75. The van der Waals surface area contributed by atoms with Crippen molar-refractivity contribution >= 4 is 17.3 Å². The minimum Gasteiger partial charge on any atom is -0.372 e. The summed E-state index contributed by atoms with van der Waals surface area (Å²) in [6.07, 6.45) is 7.56. The Bertz CT molecular complexity index is 609. The number of nitrogens with one attached hydrogen (secondary N) is 1. The average molecular weight is 283 g/mol. The number of anilines is 2. The first-order chi connectivity index (χ1) is 10.2. The Balaban J connectivity index is 1.65. The molecule has 0 bridgehead atoms. The zero-order chi connectivity index (χ0) is 14.7. The Hall–Kier alpha value is -2.23. The molecule has 2 heterocycles. The number of carbonyl (C=O) groups excluding carboxylic acids is 1. The van der Waals surface area contributed by atoms with Gasteiger partial charge in [-0.05, 0) is 49.6 Å². The van der Waals surface area contributed by atoms with Gasteiger partial charge in [-0.15, -0.1) is 0 Å². The van der Waals surface area contributed by atoms with Crippen LogP contribution in [0.1, 0.15) is 29.6 Å². The number of hydrogen-bond acceptors (Lipinski definition) is 2. The van der Waals surface area contributed by atoms with E-state index in [2.05, 4.69) is 22.3 Å². The molecule has 0 aliphatic carbocycles. The van der Waals surface area contributed by atoms with E-state index in [1.54, 1.807) is 0 Å². The maximum absolute atomic E-state index is 12.1. The summed E-state index contributed by atoms with van der Waals surface area (Å²) in [5.74, 6) is -0.0682. The molecule has 4 heteroatoms. The van der Waals surface area contributed by atoms with Crippen LogP contribution < -0.4 is 10.2 Å². The lowest BCUT2D eigenvalue weighted by molar-refractivity contribution is 0.102. The predicted molar refractivity (Wildman–Crippen MR) is 85.9 cm³/mol. The van der Waals surface area contributed by atoms with Gasteiger partial charge in [0.1, 0.15) is 0 Å². The molecule has 1 fully saturated rings. The van der Waals surface area contributed by atoms with Crippen molar-refractivity contribution in [3.8, 4) is 0 Å². The van der Waals surface area contributed by atoms with Crippen LogP contribution in [-0.2, 0) is 7.05 Å². The van der Waals surface area contributed by atoms with Crippen LogP contribution in [0.4, 0.5) is 11.4 Å². The molecule has 1 amide bonds. The zero-order valence-corrected chi connectivity index (χ0v) is 12.4. The third kappa shape index (κ3) is 3.27. The summed E-state index contributed by atoms with van der Waals surface area (Å²) < 4.78 is 1.87. The Labute approximate surface area is 125 Å². The number of aryl methyl sites for hydroxylation is 1. The number of hydrogen-bond donors (Lipinski definition) is 1. The van der Waals surface area contributed by atoms with E-state index in [1.165, 1.54) is 24.9 Å². The van der Waals surface area contributed by atoms with Crippen molar-refractivity contribution in [1.29, 1.82) is 0 Å². The topological polar surface area (TPSA) is 37.3 Å². The van der Waals surface area contributed by atoms with E-state index in [1.807, 2.05) is 42.2 Å². The molecule has 1 saturated heterocycles. The van der Waals surface area contributed by atoms with Gasteiger partial charge < -0.3 is 14.8 Å². The van der Waals surface area contributed by atoms with Crippen LogP contribution in [0.2, 0.25) is 0 Å². The molecule has 1 aliphatic heterocycles. The summed E-state index contributed by atoms with van der Waals surface area (Å²) in [4.78, 5) is 14.5. The van der Waals surface area contributed by atoms with Crippen LogP contribution in [-0.4, -0.2) is 23.6 Å². The Morgan fingerprint density at radius 3 is 2.38 bits per heavy atom. The van der Waals surface area contributed by atoms with Crippen LogP contribution in [0.25, 0.3) is 0 Å². The van der Waals surface area contributed by atoms with Gasteiger partial charge in [0.25, 0.3) is 5.91 Å². The summed E-state index contributed by atoms with van der Waals surface area (Å²) in [7, 11) is 1.91. The fourth-order valence-electron chi connectivity index (χ4n) is 2.75. The van der Waals surface area contributed by atoms with Crippen molar-refractivity contribution in [3.05, 3.63) is 48.3 Å². The van der Waals surface area contributed by atoms with E-state index in [0.717, 1.165) is 18.8 Å². The number of aromatic nitrogens is 1. The second-order valence-corrected chi connectivity index (χ2v) is 5.61. The molecule has 0 unspecified atom stereocenters. The summed E-state index contributed by atoms with van der Waals surface area (Å²) in [6, 6.07) is 9.95. The molecule has 1 aliphatic rings. The van der Waals surface area contributed by atoms with Crippen molar-refractivity contribution < 1.29 is 4.79 Å². The second-order valence-electron chi connectivity index (χ2n) is 5.61. The summed E-state index contributed by atoms with van der Waals surface area (Å²) in [6.45, 7) is 2.27. The van der Waals surface area contributed by atoms with Crippen molar-refractivity contribution in [1.82, 2.24) is 4.57 Å².